The Labute approximate surface area is 206 Å². The lowest BCUT2D eigenvalue weighted by Gasteiger charge is -2.27. The van der Waals surface area contributed by atoms with Gasteiger partial charge in [-0.2, -0.15) is 5.10 Å². The zero-order chi connectivity index (χ0) is 25.3. The Hall–Kier alpha value is -3.85. The third-order valence-corrected chi connectivity index (χ3v) is 6.27. The molecule has 0 bridgehead atoms. The van der Waals surface area contributed by atoms with Crippen molar-refractivity contribution in [1.29, 1.82) is 0 Å². The summed E-state index contributed by atoms with van der Waals surface area (Å²) in [5.41, 5.74) is 4.47. The number of anilines is 1. The highest BCUT2D eigenvalue weighted by molar-refractivity contribution is 7.92. The van der Waals surface area contributed by atoms with Gasteiger partial charge in [0, 0.05) is 5.56 Å². The number of hydrazone groups is 1. The molecule has 0 saturated carbocycles. The summed E-state index contributed by atoms with van der Waals surface area (Å²) in [7, 11) is -3.75. The molecule has 0 aliphatic heterocycles. The van der Waals surface area contributed by atoms with Crippen LogP contribution < -0.4 is 19.2 Å². The summed E-state index contributed by atoms with van der Waals surface area (Å²) >= 11 is 0. The first kappa shape index (κ1) is 25.8. The molecular weight excluding hydrogens is 466 g/mol. The predicted molar refractivity (Wildman–Crippen MR) is 137 cm³/mol. The van der Waals surface area contributed by atoms with Gasteiger partial charge in [0.1, 0.15) is 24.1 Å². The molecule has 3 rings (SSSR count). The molecule has 0 spiro atoms. The molecule has 1 N–H and O–H groups in total. The van der Waals surface area contributed by atoms with E-state index in [0.29, 0.717) is 36.0 Å². The molecule has 0 aromatic heterocycles. The second-order valence-electron chi connectivity index (χ2n) is 7.71. The normalized spacial score (nSPS) is 12.2. The summed E-state index contributed by atoms with van der Waals surface area (Å²) in [6, 6.07) is 22.5. The Morgan fingerprint density at radius 3 is 2.31 bits per heavy atom. The summed E-state index contributed by atoms with van der Waals surface area (Å²) in [4.78, 5) is 12.8. The number of nitrogens with zero attached hydrogens (tertiary/aromatic N) is 2. The molecule has 35 heavy (non-hydrogen) atoms. The van der Waals surface area contributed by atoms with Crippen LogP contribution >= 0.6 is 0 Å². The SMILES string of the molecule is CCOc1ccc(N([C@H](C)C(=O)N/N=C\c2ccccc2OCc2ccccc2)S(C)(=O)=O)cc1. The first-order valence-electron chi connectivity index (χ1n) is 11.1. The lowest BCUT2D eigenvalue weighted by Crippen LogP contribution is -2.46. The minimum absolute atomic E-state index is 0.349. The van der Waals surface area contributed by atoms with E-state index in [9.17, 15) is 13.2 Å². The first-order chi connectivity index (χ1) is 16.8. The van der Waals surface area contributed by atoms with E-state index >= 15 is 0 Å². The van der Waals surface area contributed by atoms with E-state index < -0.39 is 22.0 Å². The van der Waals surface area contributed by atoms with Crippen LogP contribution in [0.2, 0.25) is 0 Å². The van der Waals surface area contributed by atoms with Gasteiger partial charge in [-0.1, -0.05) is 42.5 Å². The molecular formula is C26H29N3O5S. The minimum atomic E-state index is -3.75. The standard InChI is InChI=1S/C26H29N3O5S/c1-4-33-24-16-14-23(15-17-24)29(35(3,31)32)20(2)26(30)28-27-18-22-12-8-9-13-25(22)34-19-21-10-6-5-7-11-21/h5-18,20H,4,19H2,1-3H3,(H,28,30)/b27-18-/t20-/m1/s1. The van der Waals surface area contributed by atoms with Crippen LogP contribution in [0.1, 0.15) is 25.0 Å². The van der Waals surface area contributed by atoms with E-state index in [1.807, 2.05) is 61.5 Å². The fourth-order valence-corrected chi connectivity index (χ4v) is 4.55. The highest BCUT2D eigenvalue weighted by Gasteiger charge is 2.29. The molecule has 1 atom stereocenters. The number of para-hydroxylation sites is 1. The van der Waals surface area contributed by atoms with Gasteiger partial charge in [-0.3, -0.25) is 9.10 Å². The number of sulfonamides is 1. The van der Waals surface area contributed by atoms with Gasteiger partial charge in [0.2, 0.25) is 10.0 Å². The summed E-state index contributed by atoms with van der Waals surface area (Å²) < 4.78 is 37.3. The van der Waals surface area contributed by atoms with Gasteiger partial charge < -0.3 is 9.47 Å². The maximum atomic E-state index is 12.8. The van der Waals surface area contributed by atoms with Crippen LogP contribution in [0.5, 0.6) is 11.5 Å². The van der Waals surface area contributed by atoms with Crippen molar-refractivity contribution in [2.24, 2.45) is 5.10 Å². The van der Waals surface area contributed by atoms with Gasteiger partial charge in [-0.05, 0) is 55.8 Å². The summed E-state index contributed by atoms with van der Waals surface area (Å²) in [6.45, 7) is 4.24. The number of nitrogens with one attached hydrogen (secondary N) is 1. The topological polar surface area (TPSA) is 97.3 Å². The van der Waals surface area contributed by atoms with Crippen LogP contribution in [0.15, 0.2) is 84.0 Å². The zero-order valence-corrected chi connectivity index (χ0v) is 20.7. The van der Waals surface area contributed by atoms with Gasteiger partial charge >= 0.3 is 0 Å². The van der Waals surface area contributed by atoms with Gasteiger partial charge in [-0.15, -0.1) is 0 Å². The lowest BCUT2D eigenvalue weighted by molar-refractivity contribution is -0.121. The summed E-state index contributed by atoms with van der Waals surface area (Å²) in [6.07, 6.45) is 2.52. The van der Waals surface area contributed by atoms with E-state index in [2.05, 4.69) is 10.5 Å². The monoisotopic (exact) mass is 495 g/mol. The molecule has 0 heterocycles. The van der Waals surface area contributed by atoms with Crippen LogP contribution in [0.25, 0.3) is 0 Å². The number of benzene rings is 3. The highest BCUT2D eigenvalue weighted by atomic mass is 32.2. The molecule has 0 radical (unpaired) electrons. The summed E-state index contributed by atoms with van der Waals surface area (Å²) in [5.74, 6) is 0.636. The zero-order valence-electron chi connectivity index (χ0n) is 19.9. The fourth-order valence-electron chi connectivity index (χ4n) is 3.38. The molecule has 3 aromatic rings. The van der Waals surface area contributed by atoms with Crippen molar-refractivity contribution in [2.45, 2.75) is 26.5 Å². The Morgan fingerprint density at radius 2 is 1.66 bits per heavy atom. The van der Waals surface area contributed by atoms with Crippen LogP contribution in [0, 0.1) is 0 Å². The number of hydrogen-bond acceptors (Lipinski definition) is 6. The van der Waals surface area contributed by atoms with E-state index in [-0.39, 0.29) is 0 Å². The van der Waals surface area contributed by atoms with Gasteiger partial charge in [0.25, 0.3) is 5.91 Å². The second-order valence-corrected chi connectivity index (χ2v) is 9.57. The molecule has 0 saturated heterocycles. The number of rotatable bonds is 11. The van der Waals surface area contributed by atoms with Crippen LogP contribution in [0.4, 0.5) is 5.69 Å². The predicted octanol–water partition coefficient (Wildman–Crippen LogP) is 3.97. The van der Waals surface area contributed by atoms with Crippen molar-refractivity contribution >= 4 is 27.8 Å². The van der Waals surface area contributed by atoms with E-state index in [4.69, 9.17) is 9.47 Å². The summed E-state index contributed by atoms with van der Waals surface area (Å²) in [5, 5.41) is 4.03. The van der Waals surface area contributed by atoms with Crippen molar-refractivity contribution < 1.29 is 22.7 Å². The van der Waals surface area contributed by atoms with E-state index in [0.717, 1.165) is 16.1 Å². The largest absolute Gasteiger partial charge is 0.494 e. The number of amides is 1. The third kappa shape index (κ3) is 7.31. The minimum Gasteiger partial charge on any atom is -0.494 e. The van der Waals surface area contributed by atoms with Crippen molar-refractivity contribution in [1.82, 2.24) is 5.43 Å². The Bertz CT molecular complexity index is 1250. The van der Waals surface area contributed by atoms with E-state index in [1.165, 1.54) is 13.1 Å². The number of ether oxygens (including phenoxy) is 2. The maximum absolute atomic E-state index is 12.8. The Balaban J connectivity index is 1.69. The Morgan fingerprint density at radius 1 is 1.00 bits per heavy atom. The molecule has 1 amide bonds. The smallest absolute Gasteiger partial charge is 0.263 e. The molecule has 0 aliphatic carbocycles. The molecule has 0 unspecified atom stereocenters. The van der Waals surface area contributed by atoms with E-state index in [1.54, 1.807) is 24.3 Å². The van der Waals surface area contributed by atoms with Crippen LogP contribution in [-0.2, 0) is 21.4 Å². The molecule has 8 nitrogen and oxygen atoms in total. The molecule has 0 fully saturated rings. The van der Waals surface area contributed by atoms with Gasteiger partial charge in [-0.25, -0.2) is 13.8 Å². The average molecular weight is 496 g/mol. The Kier molecular flexibility index (Phi) is 8.86. The van der Waals surface area contributed by atoms with Crippen LogP contribution in [0.3, 0.4) is 0 Å². The molecule has 9 heteroatoms. The van der Waals surface area contributed by atoms with Crippen molar-refractivity contribution in [2.75, 3.05) is 17.2 Å². The van der Waals surface area contributed by atoms with Crippen molar-refractivity contribution in [3.8, 4) is 11.5 Å². The van der Waals surface area contributed by atoms with Crippen molar-refractivity contribution in [3.05, 3.63) is 90.0 Å². The van der Waals surface area contributed by atoms with Crippen molar-refractivity contribution in [3.63, 3.8) is 0 Å². The lowest BCUT2D eigenvalue weighted by atomic mass is 10.2. The third-order valence-electron chi connectivity index (χ3n) is 5.03. The average Bonchev–Trinajstić information content (AvgIpc) is 2.84. The molecule has 184 valence electrons. The number of carbonyl (C=O) groups is 1. The van der Waals surface area contributed by atoms with Gasteiger partial charge in [0.05, 0.1) is 24.8 Å². The second kappa shape index (κ2) is 12.0. The van der Waals surface area contributed by atoms with Gasteiger partial charge in [0.15, 0.2) is 0 Å². The fraction of sp³-hybridized carbons (Fsp3) is 0.231. The molecule has 0 aliphatic rings. The quantitative estimate of drug-likeness (QED) is 0.321. The maximum Gasteiger partial charge on any atom is 0.263 e. The number of carbonyl (C=O) groups excluding carboxylic acids is 1. The first-order valence-corrected chi connectivity index (χ1v) is 13.0. The van der Waals surface area contributed by atoms with Crippen LogP contribution in [-0.4, -0.2) is 39.4 Å². The number of hydrogen-bond donors (Lipinski definition) is 1. The molecule has 3 aromatic carbocycles. The highest BCUT2D eigenvalue weighted by Crippen LogP contribution is 2.24.